The highest BCUT2D eigenvalue weighted by atomic mass is 35.5. The van der Waals surface area contributed by atoms with Gasteiger partial charge in [-0.05, 0) is 35.9 Å². The Kier molecular flexibility index (Phi) is 7.06. The average molecular weight is 415 g/mol. The van der Waals surface area contributed by atoms with E-state index in [0.29, 0.717) is 28.7 Å². The van der Waals surface area contributed by atoms with E-state index in [4.69, 9.17) is 23.2 Å². The zero-order valence-corrected chi connectivity index (χ0v) is 16.8. The van der Waals surface area contributed by atoms with Crippen molar-refractivity contribution in [1.82, 2.24) is 9.62 Å². The molecule has 0 unspecified atom stereocenters. The van der Waals surface area contributed by atoms with Gasteiger partial charge in [-0.2, -0.15) is 4.31 Å². The van der Waals surface area contributed by atoms with Crippen molar-refractivity contribution < 1.29 is 13.2 Å². The van der Waals surface area contributed by atoms with Gasteiger partial charge in [-0.1, -0.05) is 49.2 Å². The first-order valence-corrected chi connectivity index (χ1v) is 10.3. The van der Waals surface area contributed by atoms with Crippen LogP contribution in [0.1, 0.15) is 29.8 Å². The predicted molar refractivity (Wildman–Crippen MR) is 104 cm³/mol. The third kappa shape index (κ3) is 4.76. The number of nitrogens with zero attached hydrogens (tertiary/aromatic N) is 1. The molecule has 0 fully saturated rings. The Balaban J connectivity index is 2.08. The molecule has 2 aromatic carbocycles. The molecule has 1 amide bonds. The van der Waals surface area contributed by atoms with Gasteiger partial charge < -0.3 is 5.32 Å². The summed E-state index contributed by atoms with van der Waals surface area (Å²) in [6.07, 6.45) is 0. The molecule has 5 nitrogen and oxygen atoms in total. The highest BCUT2D eigenvalue weighted by Crippen LogP contribution is 2.21. The molecule has 0 saturated heterocycles. The van der Waals surface area contributed by atoms with Gasteiger partial charge in [0.15, 0.2) is 0 Å². The summed E-state index contributed by atoms with van der Waals surface area (Å²) >= 11 is 11.9. The van der Waals surface area contributed by atoms with Gasteiger partial charge in [-0.3, -0.25) is 4.79 Å². The van der Waals surface area contributed by atoms with Crippen molar-refractivity contribution in [1.29, 1.82) is 0 Å². The van der Waals surface area contributed by atoms with Crippen LogP contribution in [0.15, 0.2) is 47.4 Å². The summed E-state index contributed by atoms with van der Waals surface area (Å²) in [5, 5.41) is 3.48. The molecule has 8 heteroatoms. The van der Waals surface area contributed by atoms with E-state index in [-0.39, 0.29) is 17.3 Å². The standard InChI is InChI=1S/C18H20Cl2N2O3S/c1-3-22(4-2)26(24,25)15-8-5-13(6-9-15)12-21-18(23)16-11-14(19)7-10-17(16)20/h5-11H,3-4,12H2,1-2H3,(H,21,23). The summed E-state index contributed by atoms with van der Waals surface area (Å²) in [7, 11) is -3.49. The van der Waals surface area contributed by atoms with Crippen LogP contribution in [-0.2, 0) is 16.6 Å². The van der Waals surface area contributed by atoms with Gasteiger partial charge in [0, 0.05) is 24.7 Å². The van der Waals surface area contributed by atoms with Crippen molar-refractivity contribution in [2.24, 2.45) is 0 Å². The number of carbonyl (C=O) groups excluding carboxylic acids is 1. The topological polar surface area (TPSA) is 66.5 Å². The number of hydrogen-bond acceptors (Lipinski definition) is 3. The van der Waals surface area contributed by atoms with Crippen LogP contribution in [0.3, 0.4) is 0 Å². The number of benzene rings is 2. The zero-order valence-electron chi connectivity index (χ0n) is 14.5. The first-order chi connectivity index (χ1) is 12.3. The lowest BCUT2D eigenvalue weighted by Gasteiger charge is -2.18. The molecule has 2 rings (SSSR count). The van der Waals surface area contributed by atoms with Crippen molar-refractivity contribution in [3.05, 3.63) is 63.6 Å². The molecule has 0 aliphatic heterocycles. The molecule has 2 aromatic rings. The minimum atomic E-state index is -3.49. The third-order valence-corrected chi connectivity index (χ3v) is 6.52. The monoisotopic (exact) mass is 414 g/mol. The molecule has 0 atom stereocenters. The highest BCUT2D eigenvalue weighted by molar-refractivity contribution is 7.89. The molecule has 0 aromatic heterocycles. The van der Waals surface area contributed by atoms with Crippen LogP contribution in [0.25, 0.3) is 0 Å². The molecular formula is C18H20Cl2N2O3S. The van der Waals surface area contributed by atoms with Gasteiger partial charge in [0.05, 0.1) is 15.5 Å². The maximum atomic E-state index is 12.5. The quantitative estimate of drug-likeness (QED) is 0.745. The lowest BCUT2D eigenvalue weighted by molar-refractivity contribution is 0.0951. The number of rotatable bonds is 7. The van der Waals surface area contributed by atoms with E-state index in [2.05, 4.69) is 5.32 Å². The lowest BCUT2D eigenvalue weighted by atomic mass is 10.2. The van der Waals surface area contributed by atoms with Crippen molar-refractivity contribution in [3.8, 4) is 0 Å². The largest absolute Gasteiger partial charge is 0.348 e. The van der Waals surface area contributed by atoms with E-state index >= 15 is 0 Å². The van der Waals surface area contributed by atoms with Crippen LogP contribution in [0.5, 0.6) is 0 Å². The van der Waals surface area contributed by atoms with Crippen molar-refractivity contribution >= 4 is 39.1 Å². The summed E-state index contributed by atoms with van der Waals surface area (Å²) in [4.78, 5) is 12.5. The number of carbonyl (C=O) groups is 1. The maximum absolute atomic E-state index is 12.5. The molecule has 1 N–H and O–H groups in total. The molecule has 0 spiro atoms. The van der Waals surface area contributed by atoms with Crippen molar-refractivity contribution in [3.63, 3.8) is 0 Å². The van der Waals surface area contributed by atoms with Crippen LogP contribution in [-0.4, -0.2) is 31.7 Å². The fourth-order valence-electron chi connectivity index (χ4n) is 2.44. The molecule has 140 valence electrons. The number of hydrogen-bond donors (Lipinski definition) is 1. The second-order valence-corrected chi connectivity index (χ2v) is 8.32. The normalized spacial score (nSPS) is 11.6. The van der Waals surface area contributed by atoms with Crippen LogP contribution in [0.4, 0.5) is 0 Å². The van der Waals surface area contributed by atoms with Gasteiger partial charge in [0.25, 0.3) is 5.91 Å². The predicted octanol–water partition coefficient (Wildman–Crippen LogP) is 3.95. The van der Waals surface area contributed by atoms with E-state index in [1.165, 1.54) is 10.4 Å². The highest BCUT2D eigenvalue weighted by Gasteiger charge is 2.21. The Hall–Kier alpha value is -1.60. The Morgan fingerprint density at radius 2 is 1.65 bits per heavy atom. The number of halogens is 2. The van der Waals surface area contributed by atoms with Crippen molar-refractivity contribution in [2.75, 3.05) is 13.1 Å². The minimum Gasteiger partial charge on any atom is -0.348 e. The van der Waals surface area contributed by atoms with E-state index in [0.717, 1.165) is 5.56 Å². The molecule has 0 aliphatic carbocycles. The van der Waals surface area contributed by atoms with E-state index in [1.807, 2.05) is 0 Å². The molecular weight excluding hydrogens is 395 g/mol. The molecule has 0 heterocycles. The van der Waals surface area contributed by atoms with Gasteiger partial charge in [-0.15, -0.1) is 0 Å². The molecule has 26 heavy (non-hydrogen) atoms. The Bertz CT molecular complexity index is 880. The lowest BCUT2D eigenvalue weighted by Crippen LogP contribution is -2.30. The van der Waals surface area contributed by atoms with Crippen molar-refractivity contribution in [2.45, 2.75) is 25.3 Å². The van der Waals surface area contributed by atoms with Crippen LogP contribution in [0, 0.1) is 0 Å². The van der Waals surface area contributed by atoms with E-state index in [1.54, 1.807) is 50.2 Å². The second kappa shape index (κ2) is 8.86. The minimum absolute atomic E-state index is 0.231. The fraction of sp³-hybridized carbons (Fsp3) is 0.278. The number of nitrogens with one attached hydrogen (secondary N) is 1. The number of amides is 1. The van der Waals surface area contributed by atoms with Gasteiger partial charge >= 0.3 is 0 Å². The van der Waals surface area contributed by atoms with E-state index < -0.39 is 10.0 Å². The SMILES string of the molecule is CCN(CC)S(=O)(=O)c1ccc(CNC(=O)c2cc(Cl)ccc2Cl)cc1. The summed E-state index contributed by atoms with van der Waals surface area (Å²) < 4.78 is 26.3. The Labute approximate surface area is 164 Å². The Morgan fingerprint density at radius 3 is 2.23 bits per heavy atom. The summed E-state index contributed by atoms with van der Waals surface area (Å²) in [5.74, 6) is -0.350. The first-order valence-electron chi connectivity index (χ1n) is 8.12. The van der Waals surface area contributed by atoms with Crippen LogP contribution < -0.4 is 5.32 Å². The summed E-state index contributed by atoms with van der Waals surface area (Å²) in [6.45, 7) is 4.67. The second-order valence-electron chi connectivity index (χ2n) is 5.54. The summed E-state index contributed by atoms with van der Waals surface area (Å²) in [6, 6.07) is 11.1. The molecule has 0 aliphatic rings. The van der Waals surface area contributed by atoms with Crippen LogP contribution >= 0.6 is 23.2 Å². The van der Waals surface area contributed by atoms with Gasteiger partial charge in [0.1, 0.15) is 0 Å². The van der Waals surface area contributed by atoms with Gasteiger partial charge in [0.2, 0.25) is 10.0 Å². The van der Waals surface area contributed by atoms with E-state index in [9.17, 15) is 13.2 Å². The first kappa shape index (κ1) is 20.7. The Morgan fingerprint density at radius 1 is 1.04 bits per heavy atom. The maximum Gasteiger partial charge on any atom is 0.253 e. The zero-order chi connectivity index (χ0) is 19.3. The average Bonchev–Trinajstić information content (AvgIpc) is 2.63. The fourth-order valence-corrected chi connectivity index (χ4v) is 4.27. The molecule has 0 saturated carbocycles. The molecule has 0 bridgehead atoms. The third-order valence-electron chi connectivity index (χ3n) is 3.89. The summed E-state index contributed by atoms with van der Waals surface area (Å²) in [5.41, 5.74) is 1.06. The smallest absolute Gasteiger partial charge is 0.253 e. The van der Waals surface area contributed by atoms with Gasteiger partial charge in [-0.25, -0.2) is 8.42 Å². The molecule has 0 radical (unpaired) electrons. The van der Waals surface area contributed by atoms with Crippen LogP contribution in [0.2, 0.25) is 10.0 Å². The number of sulfonamides is 1.